The first-order valence-electron chi connectivity index (χ1n) is 5.02. The summed E-state index contributed by atoms with van der Waals surface area (Å²) in [7, 11) is 0. The highest BCUT2D eigenvalue weighted by molar-refractivity contribution is 9.09. The van der Waals surface area contributed by atoms with Crippen molar-refractivity contribution in [3.05, 3.63) is 11.1 Å². The summed E-state index contributed by atoms with van der Waals surface area (Å²) < 4.78 is 0. The minimum Gasteiger partial charge on any atom is -0.348 e. The molecule has 0 radical (unpaired) electrons. The Morgan fingerprint density at radius 1 is 1.60 bits per heavy atom. The van der Waals surface area contributed by atoms with Crippen molar-refractivity contribution in [3.8, 4) is 0 Å². The maximum atomic E-state index is 11.1. The van der Waals surface area contributed by atoms with E-state index < -0.39 is 0 Å². The minimum absolute atomic E-state index is 0.0490. The molecule has 2 rings (SSSR count). The molecule has 1 aliphatic heterocycles. The van der Waals surface area contributed by atoms with Crippen molar-refractivity contribution < 1.29 is 4.79 Å². The number of aromatic nitrogens is 1. The smallest absolute Gasteiger partial charge is 0.185 e. The summed E-state index contributed by atoms with van der Waals surface area (Å²) in [5.41, 5.74) is 0.593. The van der Waals surface area contributed by atoms with Gasteiger partial charge in [-0.25, -0.2) is 4.98 Å². The molecule has 0 atom stereocenters. The van der Waals surface area contributed by atoms with Crippen LogP contribution in [-0.4, -0.2) is 28.7 Å². The maximum absolute atomic E-state index is 11.1. The maximum Gasteiger partial charge on any atom is 0.185 e. The Morgan fingerprint density at radius 3 is 2.80 bits per heavy atom. The van der Waals surface area contributed by atoms with Crippen LogP contribution in [0.3, 0.4) is 0 Å². The minimum atomic E-state index is 0.0490. The van der Waals surface area contributed by atoms with E-state index in [2.05, 4.69) is 25.8 Å². The molecule has 0 saturated carbocycles. The van der Waals surface area contributed by atoms with Crippen molar-refractivity contribution in [1.29, 1.82) is 0 Å². The number of alkyl halides is 1. The van der Waals surface area contributed by atoms with Gasteiger partial charge in [0, 0.05) is 30.2 Å². The molecule has 1 fully saturated rings. The first kappa shape index (κ1) is 11.1. The predicted molar refractivity (Wildman–Crippen MR) is 66.3 cm³/mol. The number of carbonyl (C=O) groups excluding carboxylic acids is 1. The van der Waals surface area contributed by atoms with Crippen LogP contribution in [0.2, 0.25) is 0 Å². The quantitative estimate of drug-likeness (QED) is 0.620. The van der Waals surface area contributed by atoms with Gasteiger partial charge in [-0.15, -0.1) is 11.3 Å². The van der Waals surface area contributed by atoms with Crippen LogP contribution in [0.15, 0.2) is 5.38 Å². The molecule has 1 saturated heterocycles. The average molecular weight is 289 g/mol. The molecule has 1 aliphatic rings. The van der Waals surface area contributed by atoms with E-state index in [0.717, 1.165) is 31.1 Å². The van der Waals surface area contributed by atoms with Crippen LogP contribution in [0, 0.1) is 0 Å². The number of hydrogen-bond acceptors (Lipinski definition) is 4. The lowest BCUT2D eigenvalue weighted by Crippen LogP contribution is -2.33. The molecule has 82 valence electrons. The van der Waals surface area contributed by atoms with E-state index in [9.17, 15) is 4.79 Å². The summed E-state index contributed by atoms with van der Waals surface area (Å²) in [4.78, 5) is 18.3. The molecule has 0 bridgehead atoms. The molecular formula is C10H13BrN2OS. The molecule has 0 N–H and O–H groups in total. The Morgan fingerprint density at radius 2 is 2.27 bits per heavy atom. The van der Waals surface area contributed by atoms with E-state index in [4.69, 9.17) is 0 Å². The van der Waals surface area contributed by atoms with E-state index in [1.807, 2.05) is 5.38 Å². The zero-order valence-electron chi connectivity index (χ0n) is 8.57. The van der Waals surface area contributed by atoms with Crippen LogP contribution in [-0.2, 0) is 0 Å². The van der Waals surface area contributed by atoms with E-state index >= 15 is 0 Å². The summed E-state index contributed by atoms with van der Waals surface area (Å²) in [5.74, 6) is 0.0490. The molecule has 1 aromatic heterocycles. The number of piperidine rings is 1. The van der Waals surface area contributed by atoms with Gasteiger partial charge in [-0.1, -0.05) is 15.9 Å². The Hall–Kier alpha value is -0.420. The number of Topliss-reactive ketones (excluding diaryl/α,β-unsaturated/α-hetero) is 1. The third-order valence-electron chi connectivity index (χ3n) is 2.55. The number of anilines is 1. The van der Waals surface area contributed by atoms with Gasteiger partial charge < -0.3 is 4.90 Å². The number of carbonyl (C=O) groups is 1. The highest BCUT2D eigenvalue weighted by atomic mass is 79.9. The summed E-state index contributed by atoms with van der Waals surface area (Å²) in [6, 6.07) is 0. The van der Waals surface area contributed by atoms with Crippen LogP contribution in [0.25, 0.3) is 0 Å². The lowest BCUT2D eigenvalue weighted by molar-refractivity contribution is 0.101. The van der Waals surface area contributed by atoms with E-state index in [0.29, 0.717) is 10.5 Å². The molecule has 5 heteroatoms. The van der Waals surface area contributed by atoms with Crippen molar-refractivity contribution in [1.82, 2.24) is 4.98 Å². The highest BCUT2D eigenvalue weighted by Gasteiger charge is 2.19. The number of thiazole rings is 1. The molecule has 15 heavy (non-hydrogen) atoms. The summed E-state index contributed by atoms with van der Waals surface area (Å²) in [6.45, 7) is 3.62. The van der Waals surface area contributed by atoms with Crippen LogP contribution < -0.4 is 4.90 Å². The third kappa shape index (κ3) is 2.58. The monoisotopic (exact) mass is 288 g/mol. The summed E-state index contributed by atoms with van der Waals surface area (Å²) in [6.07, 6.45) is 2.30. The van der Waals surface area contributed by atoms with Gasteiger partial charge in [0.1, 0.15) is 5.69 Å². The lowest BCUT2D eigenvalue weighted by Gasteiger charge is -2.28. The Bertz CT molecular complexity index is 358. The number of nitrogens with zero attached hydrogens (tertiary/aromatic N) is 2. The van der Waals surface area contributed by atoms with Gasteiger partial charge in [0.15, 0.2) is 10.9 Å². The molecule has 0 aliphatic carbocycles. The van der Waals surface area contributed by atoms with Gasteiger partial charge in [0.25, 0.3) is 0 Å². The van der Waals surface area contributed by atoms with Gasteiger partial charge >= 0.3 is 0 Å². The van der Waals surface area contributed by atoms with Crippen molar-refractivity contribution >= 4 is 38.2 Å². The molecule has 3 nitrogen and oxygen atoms in total. The molecule has 0 unspecified atom stereocenters. The zero-order chi connectivity index (χ0) is 10.8. The Labute approximate surface area is 102 Å². The van der Waals surface area contributed by atoms with Gasteiger partial charge in [-0.2, -0.15) is 0 Å². The first-order valence-corrected chi connectivity index (χ1v) is 6.82. The molecular weight excluding hydrogens is 276 g/mol. The zero-order valence-corrected chi connectivity index (χ0v) is 11.0. The largest absolute Gasteiger partial charge is 0.348 e. The van der Waals surface area contributed by atoms with Crippen molar-refractivity contribution in [2.24, 2.45) is 0 Å². The Kier molecular flexibility index (Phi) is 3.41. The third-order valence-corrected chi connectivity index (χ3v) is 4.36. The molecule has 0 amide bonds. The van der Waals surface area contributed by atoms with Crippen LogP contribution in [0.5, 0.6) is 0 Å². The molecule has 0 spiro atoms. The second-order valence-electron chi connectivity index (χ2n) is 3.73. The van der Waals surface area contributed by atoms with Crippen molar-refractivity contribution in [2.75, 3.05) is 18.0 Å². The SMILES string of the molecule is CC(=O)c1csc(N2CCC(Br)CC2)n1. The standard InChI is InChI=1S/C10H13BrN2OS/c1-7(14)9-6-15-10(12-9)13-4-2-8(11)3-5-13/h6,8H,2-5H2,1H3. The number of halogens is 1. The lowest BCUT2D eigenvalue weighted by atomic mass is 10.1. The van der Waals surface area contributed by atoms with Crippen molar-refractivity contribution in [2.45, 2.75) is 24.6 Å². The van der Waals surface area contributed by atoms with Gasteiger partial charge in [-0.05, 0) is 12.8 Å². The second-order valence-corrected chi connectivity index (χ2v) is 5.86. The highest BCUT2D eigenvalue weighted by Crippen LogP contribution is 2.26. The summed E-state index contributed by atoms with van der Waals surface area (Å²) in [5, 5.41) is 2.83. The van der Waals surface area contributed by atoms with Gasteiger partial charge in [0.2, 0.25) is 0 Å². The average Bonchev–Trinajstić information content (AvgIpc) is 2.68. The molecule has 1 aromatic rings. The fraction of sp³-hybridized carbons (Fsp3) is 0.600. The Balaban J connectivity index is 2.06. The topological polar surface area (TPSA) is 33.2 Å². The van der Waals surface area contributed by atoms with Gasteiger partial charge in [-0.3, -0.25) is 4.79 Å². The second kappa shape index (κ2) is 4.61. The van der Waals surface area contributed by atoms with E-state index in [1.165, 1.54) is 0 Å². The van der Waals surface area contributed by atoms with Crippen molar-refractivity contribution in [3.63, 3.8) is 0 Å². The van der Waals surface area contributed by atoms with Crippen LogP contribution in [0.4, 0.5) is 5.13 Å². The fourth-order valence-electron chi connectivity index (χ4n) is 1.61. The molecule has 2 heterocycles. The van der Waals surface area contributed by atoms with Crippen LogP contribution >= 0.6 is 27.3 Å². The van der Waals surface area contributed by atoms with Gasteiger partial charge in [0.05, 0.1) is 0 Å². The molecule has 0 aromatic carbocycles. The summed E-state index contributed by atoms with van der Waals surface area (Å²) >= 11 is 5.18. The fourth-order valence-corrected chi connectivity index (χ4v) is 2.94. The van der Waals surface area contributed by atoms with Crippen LogP contribution in [0.1, 0.15) is 30.3 Å². The predicted octanol–water partition coefficient (Wildman–Crippen LogP) is 2.71. The number of rotatable bonds is 2. The number of ketones is 1. The first-order chi connectivity index (χ1) is 7.16. The van der Waals surface area contributed by atoms with E-state index in [1.54, 1.807) is 18.3 Å². The number of hydrogen-bond donors (Lipinski definition) is 0. The van der Waals surface area contributed by atoms with E-state index in [-0.39, 0.29) is 5.78 Å². The normalized spacial score (nSPS) is 18.1.